The van der Waals surface area contributed by atoms with E-state index in [2.05, 4.69) is 0 Å². The van der Waals surface area contributed by atoms with E-state index in [9.17, 15) is 14.4 Å². The molecule has 0 aliphatic carbocycles. The number of carbonyl (C=O) groups excluding carboxylic acids is 3. The van der Waals surface area contributed by atoms with Gasteiger partial charge in [-0.2, -0.15) is 0 Å². The molecule has 1 fully saturated rings. The number of rotatable bonds is 8. The number of carbonyl (C=O) groups is 3. The molecule has 35 heavy (non-hydrogen) atoms. The number of hydrogen-bond donors (Lipinski definition) is 0. The average Bonchev–Trinajstić information content (AvgIpc) is 3.18. The Morgan fingerprint density at radius 1 is 0.914 bits per heavy atom. The van der Waals surface area contributed by atoms with E-state index in [1.54, 1.807) is 62.8 Å². The number of ether oxygens (including phenoxy) is 2. The van der Waals surface area contributed by atoms with E-state index in [1.807, 2.05) is 24.3 Å². The minimum Gasteiger partial charge on any atom is -0.497 e. The van der Waals surface area contributed by atoms with Crippen LogP contribution in [0.15, 0.2) is 72.8 Å². The second-order valence-electron chi connectivity index (χ2n) is 8.09. The minimum absolute atomic E-state index is 0.0905. The number of anilines is 1. The Labute approximate surface area is 208 Å². The SMILES string of the molecule is COc1ccc(CCN(C(=O)c2ccc(Cl)cc2)C2CC(=O)N(c3ccc(OC)cc3)C2=O)cc1. The zero-order chi connectivity index (χ0) is 24.9. The van der Waals surface area contributed by atoms with E-state index < -0.39 is 11.9 Å². The standard InChI is InChI=1S/C27H25ClN2O5/c1-34-22-11-3-18(4-12-22)15-16-29(26(32)19-5-7-20(28)8-6-19)24-17-25(31)30(27(24)33)21-9-13-23(35-2)14-10-21/h3-14,24H,15-17H2,1-2H3. The first-order valence-corrected chi connectivity index (χ1v) is 11.5. The van der Waals surface area contributed by atoms with Crippen LogP contribution in [-0.2, 0) is 16.0 Å². The number of hydrogen-bond acceptors (Lipinski definition) is 5. The first kappa shape index (κ1) is 24.3. The number of imide groups is 1. The van der Waals surface area contributed by atoms with Crippen LogP contribution in [-0.4, -0.2) is 49.4 Å². The van der Waals surface area contributed by atoms with E-state index in [1.165, 1.54) is 4.90 Å². The summed E-state index contributed by atoms with van der Waals surface area (Å²) in [4.78, 5) is 42.5. The van der Waals surface area contributed by atoms with Crippen LogP contribution in [0.2, 0.25) is 5.02 Å². The molecule has 1 aliphatic heterocycles. The summed E-state index contributed by atoms with van der Waals surface area (Å²) in [5, 5.41) is 0.504. The van der Waals surface area contributed by atoms with Crippen LogP contribution in [0.3, 0.4) is 0 Å². The van der Waals surface area contributed by atoms with Crippen molar-refractivity contribution >= 4 is 35.0 Å². The van der Waals surface area contributed by atoms with Crippen LogP contribution in [0.4, 0.5) is 5.69 Å². The van der Waals surface area contributed by atoms with Gasteiger partial charge in [0.1, 0.15) is 17.5 Å². The van der Waals surface area contributed by atoms with Crippen molar-refractivity contribution in [3.63, 3.8) is 0 Å². The van der Waals surface area contributed by atoms with Crippen molar-refractivity contribution in [3.8, 4) is 11.5 Å². The molecule has 3 aromatic rings. The first-order chi connectivity index (χ1) is 16.9. The second-order valence-corrected chi connectivity index (χ2v) is 8.53. The minimum atomic E-state index is -0.911. The van der Waals surface area contributed by atoms with E-state index in [4.69, 9.17) is 21.1 Å². The summed E-state index contributed by atoms with van der Waals surface area (Å²) in [7, 11) is 3.14. The van der Waals surface area contributed by atoms with Crippen molar-refractivity contribution in [2.45, 2.75) is 18.9 Å². The Kier molecular flexibility index (Phi) is 7.36. The lowest BCUT2D eigenvalue weighted by Gasteiger charge is -2.28. The van der Waals surface area contributed by atoms with Crippen molar-refractivity contribution in [3.05, 3.63) is 88.9 Å². The third-order valence-corrected chi connectivity index (χ3v) is 6.23. The van der Waals surface area contributed by atoms with Crippen molar-refractivity contribution in [2.24, 2.45) is 0 Å². The average molecular weight is 493 g/mol. The molecule has 3 amide bonds. The zero-order valence-corrected chi connectivity index (χ0v) is 20.2. The van der Waals surface area contributed by atoms with Gasteiger partial charge in [-0.25, -0.2) is 4.90 Å². The second kappa shape index (κ2) is 10.6. The fraction of sp³-hybridized carbons (Fsp3) is 0.222. The molecule has 180 valence electrons. The van der Waals surface area contributed by atoms with Crippen LogP contribution < -0.4 is 14.4 Å². The number of methoxy groups -OCH3 is 2. The maximum absolute atomic E-state index is 13.5. The molecule has 0 saturated carbocycles. The summed E-state index contributed by atoms with van der Waals surface area (Å²) in [5.41, 5.74) is 1.81. The maximum atomic E-state index is 13.5. The van der Waals surface area contributed by atoms with Crippen LogP contribution in [0.5, 0.6) is 11.5 Å². The fourth-order valence-corrected chi connectivity index (χ4v) is 4.19. The molecule has 1 unspecified atom stereocenters. The van der Waals surface area contributed by atoms with E-state index in [0.717, 1.165) is 16.2 Å². The largest absolute Gasteiger partial charge is 0.497 e. The van der Waals surface area contributed by atoms with Gasteiger partial charge in [0, 0.05) is 17.1 Å². The molecule has 0 aromatic heterocycles. The smallest absolute Gasteiger partial charge is 0.257 e. The third-order valence-electron chi connectivity index (χ3n) is 5.98. The first-order valence-electron chi connectivity index (χ1n) is 11.1. The Bertz CT molecular complexity index is 1210. The number of halogens is 1. The molecule has 0 N–H and O–H groups in total. The monoisotopic (exact) mass is 492 g/mol. The van der Waals surface area contributed by atoms with Crippen LogP contribution in [0.1, 0.15) is 22.3 Å². The van der Waals surface area contributed by atoms with Gasteiger partial charge in [-0.3, -0.25) is 14.4 Å². The topological polar surface area (TPSA) is 76.2 Å². The molecule has 1 heterocycles. The number of amides is 3. The van der Waals surface area contributed by atoms with Crippen LogP contribution in [0, 0.1) is 0 Å². The maximum Gasteiger partial charge on any atom is 0.257 e. The van der Waals surface area contributed by atoms with E-state index in [0.29, 0.717) is 28.4 Å². The molecular formula is C27H25ClN2O5. The lowest BCUT2D eigenvalue weighted by Crippen LogP contribution is -2.46. The Balaban J connectivity index is 1.61. The predicted molar refractivity (Wildman–Crippen MR) is 133 cm³/mol. The molecule has 3 aromatic carbocycles. The lowest BCUT2D eigenvalue weighted by atomic mass is 10.1. The highest BCUT2D eigenvalue weighted by atomic mass is 35.5. The fourth-order valence-electron chi connectivity index (χ4n) is 4.06. The summed E-state index contributed by atoms with van der Waals surface area (Å²) < 4.78 is 10.4. The van der Waals surface area contributed by atoms with Gasteiger partial charge in [-0.05, 0) is 72.6 Å². The van der Waals surface area contributed by atoms with Gasteiger partial charge in [-0.15, -0.1) is 0 Å². The highest BCUT2D eigenvalue weighted by Gasteiger charge is 2.44. The van der Waals surface area contributed by atoms with Crippen LogP contribution >= 0.6 is 11.6 Å². The third kappa shape index (κ3) is 5.30. The van der Waals surface area contributed by atoms with Crippen LogP contribution in [0.25, 0.3) is 0 Å². The molecule has 4 rings (SSSR count). The number of nitrogens with zero attached hydrogens (tertiary/aromatic N) is 2. The Morgan fingerprint density at radius 2 is 1.49 bits per heavy atom. The molecule has 1 atom stereocenters. The molecular weight excluding hydrogens is 468 g/mol. The van der Waals surface area contributed by atoms with Gasteiger partial charge < -0.3 is 14.4 Å². The lowest BCUT2D eigenvalue weighted by molar-refractivity contribution is -0.122. The van der Waals surface area contributed by atoms with Gasteiger partial charge in [0.15, 0.2) is 0 Å². The quantitative estimate of drug-likeness (QED) is 0.436. The molecule has 0 radical (unpaired) electrons. The number of benzene rings is 3. The predicted octanol–water partition coefficient (Wildman–Crippen LogP) is 4.37. The van der Waals surface area contributed by atoms with E-state index >= 15 is 0 Å². The Hall–Kier alpha value is -3.84. The van der Waals surface area contributed by atoms with Crippen molar-refractivity contribution in [2.75, 3.05) is 25.7 Å². The molecule has 8 heteroatoms. The van der Waals surface area contributed by atoms with E-state index in [-0.39, 0.29) is 24.8 Å². The van der Waals surface area contributed by atoms with Gasteiger partial charge in [0.05, 0.1) is 26.3 Å². The normalized spacial score (nSPS) is 15.3. The van der Waals surface area contributed by atoms with Crippen molar-refractivity contribution in [1.82, 2.24) is 4.90 Å². The molecule has 0 spiro atoms. The molecule has 0 bridgehead atoms. The summed E-state index contributed by atoms with van der Waals surface area (Å²) in [6.07, 6.45) is 0.413. The summed E-state index contributed by atoms with van der Waals surface area (Å²) in [6, 6.07) is 19.8. The zero-order valence-electron chi connectivity index (χ0n) is 19.4. The van der Waals surface area contributed by atoms with Crippen molar-refractivity contribution < 1.29 is 23.9 Å². The highest BCUT2D eigenvalue weighted by molar-refractivity contribution is 6.30. The molecule has 1 aliphatic rings. The highest BCUT2D eigenvalue weighted by Crippen LogP contribution is 2.28. The van der Waals surface area contributed by atoms with Gasteiger partial charge in [0.25, 0.3) is 11.8 Å². The van der Waals surface area contributed by atoms with Crippen molar-refractivity contribution in [1.29, 1.82) is 0 Å². The Morgan fingerprint density at radius 3 is 2.06 bits per heavy atom. The van der Waals surface area contributed by atoms with Gasteiger partial charge >= 0.3 is 0 Å². The molecule has 7 nitrogen and oxygen atoms in total. The van der Waals surface area contributed by atoms with Gasteiger partial charge in [-0.1, -0.05) is 23.7 Å². The van der Waals surface area contributed by atoms with Gasteiger partial charge in [0.2, 0.25) is 5.91 Å². The summed E-state index contributed by atoms with van der Waals surface area (Å²) in [5.74, 6) is 0.219. The summed E-state index contributed by atoms with van der Waals surface area (Å²) >= 11 is 5.99. The summed E-state index contributed by atoms with van der Waals surface area (Å²) in [6.45, 7) is 0.258. The molecule has 1 saturated heterocycles.